The molecule has 0 saturated heterocycles. The van der Waals surface area contributed by atoms with Crippen LogP contribution in [0.1, 0.15) is 31.5 Å². The molecule has 4 rings (SSSR count). The Hall–Kier alpha value is -2.06. The van der Waals surface area contributed by atoms with Crippen LogP contribution in [0.4, 0.5) is 0 Å². The lowest BCUT2D eigenvalue weighted by molar-refractivity contribution is 0.210. The Balaban J connectivity index is 1.45. The summed E-state index contributed by atoms with van der Waals surface area (Å²) < 4.78 is 8.09. The molecule has 0 spiro atoms. The summed E-state index contributed by atoms with van der Waals surface area (Å²) in [4.78, 5) is 4.74. The first-order chi connectivity index (χ1) is 15.0. The summed E-state index contributed by atoms with van der Waals surface area (Å²) in [5.41, 5.74) is 1.94. The lowest BCUT2D eigenvalue weighted by Gasteiger charge is -2.15. The van der Waals surface area contributed by atoms with E-state index < -0.39 is 0 Å². The SMILES string of the molecule is CCn1c(SCc2csc(-c3ccccc3Cl)n2)nnc1C(C)Oc1cccc(Cl)c1. The van der Waals surface area contributed by atoms with Crippen LogP contribution in [0, 0.1) is 0 Å². The maximum absolute atomic E-state index is 6.30. The van der Waals surface area contributed by atoms with E-state index in [0.717, 1.165) is 33.8 Å². The van der Waals surface area contributed by atoms with Crippen molar-refractivity contribution in [1.29, 1.82) is 0 Å². The zero-order valence-corrected chi connectivity index (χ0v) is 20.1. The molecule has 2 aromatic heterocycles. The van der Waals surface area contributed by atoms with E-state index >= 15 is 0 Å². The minimum Gasteiger partial charge on any atom is -0.483 e. The first kappa shape index (κ1) is 22.1. The van der Waals surface area contributed by atoms with Crippen molar-refractivity contribution in [1.82, 2.24) is 19.7 Å². The van der Waals surface area contributed by atoms with Gasteiger partial charge in [-0.2, -0.15) is 0 Å². The summed E-state index contributed by atoms with van der Waals surface area (Å²) >= 11 is 15.6. The van der Waals surface area contributed by atoms with Crippen LogP contribution >= 0.6 is 46.3 Å². The van der Waals surface area contributed by atoms with Crippen LogP contribution in [-0.2, 0) is 12.3 Å². The Morgan fingerprint density at radius 2 is 1.97 bits per heavy atom. The van der Waals surface area contributed by atoms with Crippen LogP contribution in [0.2, 0.25) is 10.0 Å². The molecular formula is C22H20Cl2N4OS2. The highest BCUT2D eigenvalue weighted by atomic mass is 35.5. The lowest BCUT2D eigenvalue weighted by Crippen LogP contribution is -2.12. The molecule has 4 aromatic rings. The average Bonchev–Trinajstić information content (AvgIpc) is 3.39. The molecule has 9 heteroatoms. The molecule has 2 heterocycles. The molecule has 0 bridgehead atoms. The summed E-state index contributed by atoms with van der Waals surface area (Å²) in [5, 5.41) is 13.9. The second-order valence-corrected chi connectivity index (χ2v) is 9.36. The number of aromatic nitrogens is 4. The van der Waals surface area contributed by atoms with Crippen molar-refractivity contribution in [2.45, 2.75) is 37.4 Å². The minimum atomic E-state index is -0.258. The van der Waals surface area contributed by atoms with Gasteiger partial charge in [0.2, 0.25) is 0 Å². The van der Waals surface area contributed by atoms with Gasteiger partial charge < -0.3 is 9.30 Å². The topological polar surface area (TPSA) is 52.8 Å². The zero-order valence-electron chi connectivity index (χ0n) is 17.0. The van der Waals surface area contributed by atoms with Gasteiger partial charge in [0.15, 0.2) is 17.1 Å². The Morgan fingerprint density at radius 3 is 2.74 bits per heavy atom. The normalized spacial score (nSPS) is 12.1. The van der Waals surface area contributed by atoms with Crippen molar-refractivity contribution in [2.24, 2.45) is 0 Å². The van der Waals surface area contributed by atoms with E-state index in [9.17, 15) is 0 Å². The predicted molar refractivity (Wildman–Crippen MR) is 128 cm³/mol. The highest BCUT2D eigenvalue weighted by Crippen LogP contribution is 2.32. The van der Waals surface area contributed by atoms with Crippen molar-refractivity contribution in [3.8, 4) is 16.3 Å². The number of ether oxygens (including phenoxy) is 1. The van der Waals surface area contributed by atoms with E-state index in [1.54, 1.807) is 29.2 Å². The number of hydrogen-bond donors (Lipinski definition) is 0. The van der Waals surface area contributed by atoms with Gasteiger partial charge in [-0.25, -0.2) is 4.98 Å². The van der Waals surface area contributed by atoms with Crippen molar-refractivity contribution >= 4 is 46.3 Å². The first-order valence-electron chi connectivity index (χ1n) is 9.72. The molecule has 0 aliphatic rings. The summed E-state index contributed by atoms with van der Waals surface area (Å²) in [6, 6.07) is 15.1. The number of thiazole rings is 1. The zero-order chi connectivity index (χ0) is 21.8. The molecule has 0 aliphatic heterocycles. The second kappa shape index (κ2) is 10.0. The monoisotopic (exact) mass is 490 g/mol. The summed E-state index contributed by atoms with van der Waals surface area (Å²) in [6.45, 7) is 4.78. The Kier molecular flexibility index (Phi) is 7.17. The van der Waals surface area contributed by atoms with Gasteiger partial charge in [0.25, 0.3) is 0 Å². The molecule has 0 amide bonds. The van der Waals surface area contributed by atoms with Gasteiger partial charge in [0, 0.05) is 28.3 Å². The molecule has 2 aromatic carbocycles. The van der Waals surface area contributed by atoms with Crippen LogP contribution in [0.25, 0.3) is 10.6 Å². The lowest BCUT2D eigenvalue weighted by atomic mass is 10.2. The average molecular weight is 491 g/mol. The molecular weight excluding hydrogens is 471 g/mol. The van der Waals surface area contributed by atoms with Crippen LogP contribution < -0.4 is 4.74 Å². The molecule has 160 valence electrons. The van der Waals surface area contributed by atoms with Crippen molar-refractivity contribution < 1.29 is 4.74 Å². The molecule has 1 unspecified atom stereocenters. The molecule has 5 nitrogen and oxygen atoms in total. The number of benzene rings is 2. The third-order valence-electron chi connectivity index (χ3n) is 4.54. The second-order valence-electron chi connectivity index (χ2n) is 6.72. The van der Waals surface area contributed by atoms with Gasteiger partial charge in [-0.05, 0) is 38.1 Å². The standard InChI is InChI=1S/C22H20Cl2N4OS2/c1-3-28-20(14(2)29-17-8-6-7-15(23)11-17)26-27-22(28)31-13-16-12-30-21(25-16)18-9-4-5-10-19(18)24/h4-12,14H,3,13H2,1-2H3. The fourth-order valence-electron chi connectivity index (χ4n) is 3.07. The van der Waals surface area contributed by atoms with E-state index in [1.807, 2.05) is 49.4 Å². The fraction of sp³-hybridized carbons (Fsp3) is 0.227. The molecule has 0 aliphatic carbocycles. The van der Waals surface area contributed by atoms with Crippen LogP contribution in [0.15, 0.2) is 59.1 Å². The predicted octanol–water partition coefficient (Wildman–Crippen LogP) is 7.16. The van der Waals surface area contributed by atoms with Crippen molar-refractivity contribution in [3.63, 3.8) is 0 Å². The van der Waals surface area contributed by atoms with Gasteiger partial charge in [-0.1, -0.05) is 59.2 Å². The number of rotatable bonds is 8. The Morgan fingerprint density at radius 1 is 1.13 bits per heavy atom. The number of thioether (sulfide) groups is 1. The molecule has 31 heavy (non-hydrogen) atoms. The highest BCUT2D eigenvalue weighted by Gasteiger charge is 2.19. The summed E-state index contributed by atoms with van der Waals surface area (Å²) in [7, 11) is 0. The molecule has 1 atom stereocenters. The first-order valence-corrected chi connectivity index (χ1v) is 12.3. The maximum Gasteiger partial charge on any atom is 0.191 e. The number of hydrogen-bond acceptors (Lipinski definition) is 6. The van der Waals surface area contributed by atoms with E-state index in [1.165, 1.54) is 0 Å². The largest absolute Gasteiger partial charge is 0.483 e. The van der Waals surface area contributed by atoms with Crippen LogP contribution in [0.3, 0.4) is 0 Å². The van der Waals surface area contributed by atoms with Gasteiger partial charge in [-0.15, -0.1) is 21.5 Å². The van der Waals surface area contributed by atoms with Gasteiger partial charge in [-0.3, -0.25) is 0 Å². The van der Waals surface area contributed by atoms with Crippen molar-refractivity contribution in [2.75, 3.05) is 0 Å². The van der Waals surface area contributed by atoms with E-state index in [0.29, 0.717) is 21.5 Å². The van der Waals surface area contributed by atoms with E-state index in [2.05, 4.69) is 27.1 Å². The van der Waals surface area contributed by atoms with Crippen molar-refractivity contribution in [3.05, 3.63) is 75.5 Å². The molecule has 0 radical (unpaired) electrons. The Labute approximate surface area is 199 Å². The number of nitrogens with zero attached hydrogens (tertiary/aromatic N) is 4. The summed E-state index contributed by atoms with van der Waals surface area (Å²) in [5.74, 6) is 2.18. The molecule has 0 N–H and O–H groups in total. The van der Waals surface area contributed by atoms with Gasteiger partial charge >= 0.3 is 0 Å². The third kappa shape index (κ3) is 5.23. The smallest absolute Gasteiger partial charge is 0.191 e. The minimum absolute atomic E-state index is 0.258. The Bertz CT molecular complexity index is 1180. The fourth-order valence-corrected chi connectivity index (χ4v) is 5.40. The molecule has 0 saturated carbocycles. The quantitative estimate of drug-likeness (QED) is 0.245. The van der Waals surface area contributed by atoms with Gasteiger partial charge in [0.1, 0.15) is 10.8 Å². The maximum atomic E-state index is 6.30. The van der Waals surface area contributed by atoms with Crippen LogP contribution in [0.5, 0.6) is 5.75 Å². The highest BCUT2D eigenvalue weighted by molar-refractivity contribution is 7.98. The summed E-state index contributed by atoms with van der Waals surface area (Å²) in [6.07, 6.45) is -0.258. The van der Waals surface area contributed by atoms with Gasteiger partial charge in [0.05, 0.1) is 10.7 Å². The third-order valence-corrected chi connectivity index (χ3v) is 7.03. The van der Waals surface area contributed by atoms with E-state index in [-0.39, 0.29) is 6.10 Å². The molecule has 0 fully saturated rings. The van der Waals surface area contributed by atoms with Crippen LogP contribution in [-0.4, -0.2) is 19.7 Å². The van der Waals surface area contributed by atoms with E-state index in [4.69, 9.17) is 32.9 Å². The number of halogens is 2.